The fourth-order valence-electron chi connectivity index (χ4n) is 4.15. The molecule has 1 aliphatic rings. The zero-order valence-electron chi connectivity index (χ0n) is 19.0. The summed E-state index contributed by atoms with van der Waals surface area (Å²) >= 11 is 0. The fraction of sp³-hybridized carbons (Fsp3) is 0.308. The number of hydrogen-bond acceptors (Lipinski definition) is 6. The van der Waals surface area contributed by atoms with E-state index >= 15 is 0 Å². The minimum atomic E-state index is -0.770. The van der Waals surface area contributed by atoms with E-state index in [-0.39, 0.29) is 0 Å². The van der Waals surface area contributed by atoms with E-state index < -0.39 is 12.2 Å². The van der Waals surface area contributed by atoms with Crippen LogP contribution in [0.2, 0.25) is 0 Å². The highest BCUT2D eigenvalue weighted by atomic mass is 16.5. The first-order chi connectivity index (χ1) is 15.5. The topological polar surface area (TPSA) is 66.4 Å². The lowest BCUT2D eigenvalue weighted by molar-refractivity contribution is 0.0201. The number of aliphatic hydroxyl groups is 1. The Morgan fingerprint density at radius 3 is 2.06 bits per heavy atom. The van der Waals surface area contributed by atoms with Crippen LogP contribution < -0.4 is 23.7 Å². The third-order valence-corrected chi connectivity index (χ3v) is 5.83. The third kappa shape index (κ3) is 3.82. The Kier molecular flexibility index (Phi) is 6.15. The lowest BCUT2D eigenvalue weighted by atomic mass is 9.90. The van der Waals surface area contributed by atoms with E-state index in [1.807, 2.05) is 43.3 Å². The van der Waals surface area contributed by atoms with Gasteiger partial charge in [-0.05, 0) is 30.2 Å². The number of benzene rings is 3. The van der Waals surface area contributed by atoms with E-state index in [2.05, 4.69) is 12.1 Å². The van der Waals surface area contributed by atoms with Gasteiger partial charge in [-0.25, -0.2) is 0 Å². The van der Waals surface area contributed by atoms with Gasteiger partial charge in [0.2, 0.25) is 0 Å². The van der Waals surface area contributed by atoms with Crippen molar-refractivity contribution in [2.75, 3.05) is 28.4 Å². The van der Waals surface area contributed by atoms with Gasteiger partial charge in [-0.15, -0.1) is 0 Å². The van der Waals surface area contributed by atoms with E-state index in [1.54, 1.807) is 28.4 Å². The first-order valence-electron chi connectivity index (χ1n) is 10.4. The van der Waals surface area contributed by atoms with Crippen molar-refractivity contribution in [1.29, 1.82) is 0 Å². The number of aliphatic hydroxyl groups excluding tert-OH is 1. The monoisotopic (exact) mass is 436 g/mol. The maximum absolute atomic E-state index is 11.0. The summed E-state index contributed by atoms with van der Waals surface area (Å²) in [5, 5.41) is 11.0. The second-order valence-corrected chi connectivity index (χ2v) is 7.75. The first kappa shape index (κ1) is 21.8. The van der Waals surface area contributed by atoms with Crippen molar-refractivity contribution in [1.82, 2.24) is 0 Å². The highest BCUT2D eigenvalue weighted by Gasteiger charge is 2.35. The van der Waals surface area contributed by atoms with Gasteiger partial charge in [0, 0.05) is 18.1 Å². The summed E-state index contributed by atoms with van der Waals surface area (Å²) in [6.45, 7) is 2.05. The smallest absolute Gasteiger partial charge is 0.161 e. The Labute approximate surface area is 188 Å². The Morgan fingerprint density at radius 2 is 1.44 bits per heavy atom. The molecule has 2 atom stereocenters. The highest BCUT2D eigenvalue weighted by Crippen LogP contribution is 2.50. The van der Waals surface area contributed by atoms with Crippen molar-refractivity contribution >= 4 is 0 Å². The largest absolute Gasteiger partial charge is 0.496 e. The summed E-state index contributed by atoms with van der Waals surface area (Å²) in [4.78, 5) is 0. The second kappa shape index (κ2) is 9.01. The molecule has 1 N–H and O–H groups in total. The number of ether oxygens (including phenoxy) is 5. The van der Waals surface area contributed by atoms with E-state index in [9.17, 15) is 5.11 Å². The van der Waals surface area contributed by atoms with Crippen molar-refractivity contribution in [2.45, 2.75) is 25.6 Å². The summed E-state index contributed by atoms with van der Waals surface area (Å²) < 4.78 is 28.6. The van der Waals surface area contributed by atoms with Crippen LogP contribution in [0.4, 0.5) is 0 Å². The van der Waals surface area contributed by atoms with Gasteiger partial charge < -0.3 is 28.8 Å². The third-order valence-electron chi connectivity index (χ3n) is 5.83. The highest BCUT2D eigenvalue weighted by molar-refractivity contribution is 5.81. The maximum atomic E-state index is 11.0. The quantitative estimate of drug-likeness (QED) is 0.603. The summed E-state index contributed by atoms with van der Waals surface area (Å²) in [6, 6.07) is 15.6. The maximum Gasteiger partial charge on any atom is 0.161 e. The van der Waals surface area contributed by atoms with Crippen LogP contribution in [-0.2, 0) is 6.42 Å². The number of aryl methyl sites for hydroxylation is 1. The average Bonchev–Trinajstić information content (AvgIpc) is 2.82. The molecule has 3 aromatic carbocycles. The molecule has 3 aromatic rings. The molecule has 0 spiro atoms. The van der Waals surface area contributed by atoms with Crippen molar-refractivity contribution in [3.05, 3.63) is 65.2 Å². The van der Waals surface area contributed by atoms with E-state index in [1.165, 1.54) is 0 Å². The van der Waals surface area contributed by atoms with Gasteiger partial charge in [-0.1, -0.05) is 35.9 Å². The molecular weight excluding hydrogens is 408 g/mol. The molecule has 32 heavy (non-hydrogen) atoms. The minimum absolute atomic E-state index is 0.375. The predicted octanol–water partition coefficient (Wildman–Crippen LogP) is 4.73. The standard InChI is InChI=1S/C26H28O6/c1-15-6-8-16(9-7-15)24-23(31-5)14-21(29-3)18-13-19(27)25(32-26(18)24)17-10-11-20(28-2)22(12-17)30-4/h6-12,14,19,25,27H,13H2,1-5H3/t19-,25+/m0/s1. The van der Waals surface area contributed by atoms with Gasteiger partial charge in [0.25, 0.3) is 0 Å². The zero-order chi connectivity index (χ0) is 22.8. The van der Waals surface area contributed by atoms with Gasteiger partial charge in [0.1, 0.15) is 23.4 Å². The van der Waals surface area contributed by atoms with Crippen LogP contribution in [0.5, 0.6) is 28.7 Å². The molecule has 4 rings (SSSR count). The van der Waals surface area contributed by atoms with Crippen LogP contribution in [0.3, 0.4) is 0 Å². The molecule has 0 bridgehead atoms. The minimum Gasteiger partial charge on any atom is -0.496 e. The van der Waals surface area contributed by atoms with Crippen LogP contribution in [-0.4, -0.2) is 39.6 Å². The van der Waals surface area contributed by atoms with Crippen LogP contribution in [0.1, 0.15) is 22.8 Å². The second-order valence-electron chi connectivity index (χ2n) is 7.75. The normalized spacial score (nSPS) is 17.2. The molecule has 0 aromatic heterocycles. The summed E-state index contributed by atoms with van der Waals surface area (Å²) in [7, 11) is 6.40. The van der Waals surface area contributed by atoms with Crippen molar-refractivity contribution in [3.8, 4) is 39.9 Å². The van der Waals surface area contributed by atoms with Gasteiger partial charge >= 0.3 is 0 Å². The Hall–Kier alpha value is -3.38. The Balaban J connectivity index is 1.87. The van der Waals surface area contributed by atoms with Crippen LogP contribution in [0.15, 0.2) is 48.5 Å². The summed E-state index contributed by atoms with van der Waals surface area (Å²) in [5.41, 5.74) is 4.56. The Morgan fingerprint density at radius 1 is 0.781 bits per heavy atom. The van der Waals surface area contributed by atoms with Gasteiger partial charge in [-0.3, -0.25) is 0 Å². The molecule has 0 amide bonds. The van der Waals surface area contributed by atoms with Crippen LogP contribution in [0, 0.1) is 6.92 Å². The summed E-state index contributed by atoms with van der Waals surface area (Å²) in [6.07, 6.45) is -0.988. The predicted molar refractivity (Wildman–Crippen MR) is 122 cm³/mol. The van der Waals surface area contributed by atoms with Crippen molar-refractivity contribution < 1.29 is 28.8 Å². The van der Waals surface area contributed by atoms with Gasteiger partial charge in [0.15, 0.2) is 11.5 Å². The Bertz CT molecular complexity index is 1110. The fourth-order valence-corrected chi connectivity index (χ4v) is 4.15. The number of methoxy groups -OCH3 is 4. The molecule has 1 heterocycles. The molecular formula is C26H28O6. The molecule has 0 unspecified atom stereocenters. The van der Waals surface area contributed by atoms with Gasteiger partial charge in [0.05, 0.1) is 40.1 Å². The lowest BCUT2D eigenvalue weighted by Gasteiger charge is -2.34. The SMILES string of the molecule is COc1ccc([C@H]2Oc3c(c(OC)cc(OC)c3-c3ccc(C)cc3)C[C@@H]2O)cc1OC. The molecule has 6 heteroatoms. The lowest BCUT2D eigenvalue weighted by Crippen LogP contribution is -2.31. The average molecular weight is 437 g/mol. The molecule has 1 aliphatic heterocycles. The van der Waals surface area contributed by atoms with Crippen LogP contribution in [0.25, 0.3) is 11.1 Å². The molecule has 0 fully saturated rings. The molecule has 0 saturated heterocycles. The molecule has 0 aliphatic carbocycles. The van der Waals surface area contributed by atoms with E-state index in [4.69, 9.17) is 23.7 Å². The van der Waals surface area contributed by atoms with E-state index in [0.29, 0.717) is 35.2 Å². The summed E-state index contributed by atoms with van der Waals surface area (Å²) in [5.74, 6) is 3.11. The molecule has 168 valence electrons. The van der Waals surface area contributed by atoms with E-state index in [0.717, 1.165) is 27.8 Å². The molecule has 0 saturated carbocycles. The number of fused-ring (bicyclic) bond motifs is 1. The molecule has 0 radical (unpaired) electrons. The number of hydrogen-bond donors (Lipinski definition) is 1. The van der Waals surface area contributed by atoms with Crippen molar-refractivity contribution in [3.63, 3.8) is 0 Å². The zero-order valence-corrected chi connectivity index (χ0v) is 19.0. The first-order valence-corrected chi connectivity index (χ1v) is 10.4. The van der Waals surface area contributed by atoms with Gasteiger partial charge in [-0.2, -0.15) is 0 Å². The van der Waals surface area contributed by atoms with Crippen LogP contribution >= 0.6 is 0 Å². The number of rotatable bonds is 6. The molecule has 6 nitrogen and oxygen atoms in total. The van der Waals surface area contributed by atoms with Crippen molar-refractivity contribution in [2.24, 2.45) is 0 Å².